The highest BCUT2D eigenvalue weighted by atomic mass is 35.5. The largest absolute Gasteiger partial charge is 0.344 e. The van der Waals surface area contributed by atoms with Crippen LogP contribution < -0.4 is 10.6 Å². The second-order valence-corrected chi connectivity index (χ2v) is 8.03. The quantitative estimate of drug-likeness (QED) is 0.646. The fourth-order valence-electron chi connectivity index (χ4n) is 3.16. The smallest absolute Gasteiger partial charge is 0.248 e. The number of carbonyl (C=O) groups is 2. The Bertz CT molecular complexity index is 823. The second-order valence-electron chi connectivity index (χ2n) is 7.24. The highest BCUT2D eigenvalue weighted by molar-refractivity contribution is 6.42. The fraction of sp³-hybridized carbons (Fsp3) is 0.421. The summed E-state index contributed by atoms with van der Waals surface area (Å²) in [7, 11) is 0. The van der Waals surface area contributed by atoms with Crippen molar-refractivity contribution in [3.8, 4) is 0 Å². The number of carbonyl (C=O) groups excluding carboxylic acids is 2. The van der Waals surface area contributed by atoms with Crippen molar-refractivity contribution in [2.24, 2.45) is 11.8 Å². The van der Waals surface area contributed by atoms with Gasteiger partial charge in [-0.25, -0.2) is 0 Å². The number of halogens is 2. The Morgan fingerprint density at radius 3 is 2.74 bits per heavy atom. The lowest BCUT2D eigenvalue weighted by Crippen LogP contribution is -2.45. The first-order valence-corrected chi connectivity index (χ1v) is 9.67. The van der Waals surface area contributed by atoms with Crippen LogP contribution in [0.4, 0.5) is 5.82 Å². The van der Waals surface area contributed by atoms with E-state index in [0.29, 0.717) is 28.7 Å². The van der Waals surface area contributed by atoms with Crippen molar-refractivity contribution >= 4 is 40.8 Å². The SMILES string of the molecule is CC(C)C[C@H](NC(=O)[C@H]1C[C@@H]1c1cccc(Cl)c1Cl)C(=O)Nc1ccn[nH]1. The van der Waals surface area contributed by atoms with Gasteiger partial charge >= 0.3 is 0 Å². The van der Waals surface area contributed by atoms with E-state index in [1.165, 1.54) is 0 Å². The molecule has 0 unspecified atom stereocenters. The van der Waals surface area contributed by atoms with Crippen molar-refractivity contribution in [2.45, 2.75) is 38.6 Å². The molecule has 0 radical (unpaired) electrons. The van der Waals surface area contributed by atoms with Crippen molar-refractivity contribution in [2.75, 3.05) is 5.32 Å². The predicted octanol–water partition coefficient (Wildman–Crippen LogP) is 3.99. The van der Waals surface area contributed by atoms with E-state index in [4.69, 9.17) is 23.2 Å². The van der Waals surface area contributed by atoms with Gasteiger partial charge in [0.05, 0.1) is 16.2 Å². The van der Waals surface area contributed by atoms with Gasteiger partial charge < -0.3 is 10.6 Å². The van der Waals surface area contributed by atoms with Gasteiger partial charge in [0.25, 0.3) is 0 Å². The molecule has 1 aliphatic carbocycles. The van der Waals surface area contributed by atoms with E-state index in [-0.39, 0.29) is 29.6 Å². The predicted molar refractivity (Wildman–Crippen MR) is 106 cm³/mol. The molecular weight excluding hydrogens is 387 g/mol. The van der Waals surface area contributed by atoms with Gasteiger partial charge in [0.1, 0.15) is 11.9 Å². The topological polar surface area (TPSA) is 86.9 Å². The Hall–Kier alpha value is -2.05. The standard InChI is InChI=1S/C19H22Cl2N4O2/c1-10(2)8-15(19(27)24-16-6-7-22-25-16)23-18(26)13-9-12(13)11-4-3-5-14(20)17(11)21/h3-7,10,12-13,15H,8-9H2,1-2H3,(H,23,26)(H2,22,24,25,27)/t12-,13+,15+/m1/s1. The molecule has 0 bridgehead atoms. The number of nitrogens with zero attached hydrogens (tertiary/aromatic N) is 1. The van der Waals surface area contributed by atoms with Gasteiger partial charge in [-0.15, -0.1) is 0 Å². The molecule has 0 saturated heterocycles. The number of benzene rings is 1. The third-order valence-corrected chi connectivity index (χ3v) is 5.44. The van der Waals surface area contributed by atoms with Gasteiger partial charge in [0, 0.05) is 12.0 Å². The molecule has 1 heterocycles. The molecule has 3 N–H and O–H groups in total. The van der Waals surface area contributed by atoms with Crippen LogP contribution >= 0.6 is 23.2 Å². The average Bonchev–Trinajstić information content (AvgIpc) is 3.24. The summed E-state index contributed by atoms with van der Waals surface area (Å²) in [5, 5.41) is 13.1. The third-order valence-electron chi connectivity index (χ3n) is 4.61. The van der Waals surface area contributed by atoms with Gasteiger partial charge in [0.2, 0.25) is 11.8 Å². The molecule has 1 saturated carbocycles. The summed E-state index contributed by atoms with van der Waals surface area (Å²) >= 11 is 12.3. The first kappa shape index (κ1) is 19.7. The molecule has 27 heavy (non-hydrogen) atoms. The molecule has 2 amide bonds. The number of aromatic nitrogens is 2. The minimum absolute atomic E-state index is 0.0339. The summed E-state index contributed by atoms with van der Waals surface area (Å²) < 4.78 is 0. The first-order chi connectivity index (χ1) is 12.9. The van der Waals surface area contributed by atoms with Crippen molar-refractivity contribution in [1.82, 2.24) is 15.5 Å². The zero-order valence-electron chi connectivity index (χ0n) is 15.1. The van der Waals surface area contributed by atoms with E-state index >= 15 is 0 Å². The molecule has 3 rings (SSSR count). The van der Waals surface area contributed by atoms with E-state index in [1.807, 2.05) is 26.0 Å². The molecule has 144 valence electrons. The van der Waals surface area contributed by atoms with Crippen LogP contribution in [0, 0.1) is 11.8 Å². The lowest BCUT2D eigenvalue weighted by molar-refractivity contribution is -0.127. The molecule has 1 aromatic heterocycles. The maximum atomic E-state index is 12.7. The van der Waals surface area contributed by atoms with Crippen molar-refractivity contribution in [3.05, 3.63) is 46.1 Å². The van der Waals surface area contributed by atoms with E-state index in [9.17, 15) is 9.59 Å². The summed E-state index contributed by atoms with van der Waals surface area (Å²) in [4.78, 5) is 25.3. The van der Waals surface area contributed by atoms with Crippen molar-refractivity contribution in [3.63, 3.8) is 0 Å². The van der Waals surface area contributed by atoms with E-state index in [1.54, 1.807) is 18.3 Å². The van der Waals surface area contributed by atoms with Crippen molar-refractivity contribution < 1.29 is 9.59 Å². The second kappa shape index (κ2) is 8.31. The van der Waals surface area contributed by atoms with Gasteiger partial charge in [-0.05, 0) is 36.3 Å². The number of rotatable bonds is 7. The van der Waals surface area contributed by atoms with Crippen LogP contribution in [0.3, 0.4) is 0 Å². The molecule has 1 fully saturated rings. The van der Waals surface area contributed by atoms with Crippen LogP contribution in [0.15, 0.2) is 30.5 Å². The normalized spacial score (nSPS) is 19.6. The Balaban J connectivity index is 1.64. The summed E-state index contributed by atoms with van der Waals surface area (Å²) in [5.41, 5.74) is 0.881. The summed E-state index contributed by atoms with van der Waals surface area (Å²) in [6, 6.07) is 6.49. The van der Waals surface area contributed by atoms with Gasteiger partial charge in [-0.3, -0.25) is 14.7 Å². The zero-order valence-corrected chi connectivity index (χ0v) is 16.6. The molecule has 0 spiro atoms. The van der Waals surface area contributed by atoms with Crippen LogP contribution in [0.25, 0.3) is 0 Å². The minimum atomic E-state index is -0.614. The Labute approximate surface area is 168 Å². The van der Waals surface area contributed by atoms with E-state index in [2.05, 4.69) is 20.8 Å². The molecule has 8 heteroatoms. The first-order valence-electron chi connectivity index (χ1n) is 8.91. The molecule has 0 aliphatic heterocycles. The lowest BCUT2D eigenvalue weighted by atomic mass is 10.0. The molecule has 6 nitrogen and oxygen atoms in total. The van der Waals surface area contributed by atoms with Crippen LogP contribution in [-0.2, 0) is 9.59 Å². The molecule has 2 aromatic rings. The maximum Gasteiger partial charge on any atom is 0.248 e. The Kier molecular flexibility index (Phi) is 6.07. The third kappa shape index (κ3) is 4.82. The highest BCUT2D eigenvalue weighted by Crippen LogP contribution is 2.50. The average molecular weight is 409 g/mol. The number of aromatic amines is 1. The van der Waals surface area contributed by atoms with E-state index < -0.39 is 6.04 Å². The van der Waals surface area contributed by atoms with Crippen LogP contribution in [-0.4, -0.2) is 28.1 Å². The van der Waals surface area contributed by atoms with Gasteiger partial charge in [-0.2, -0.15) is 5.10 Å². The fourth-order valence-corrected chi connectivity index (χ4v) is 3.61. The monoisotopic (exact) mass is 408 g/mol. The number of hydrogen-bond acceptors (Lipinski definition) is 3. The lowest BCUT2D eigenvalue weighted by Gasteiger charge is -2.20. The minimum Gasteiger partial charge on any atom is -0.344 e. The van der Waals surface area contributed by atoms with Gasteiger partial charge in [0.15, 0.2) is 0 Å². The zero-order chi connectivity index (χ0) is 19.6. The molecule has 1 aromatic carbocycles. The summed E-state index contributed by atoms with van der Waals surface area (Å²) in [6.45, 7) is 4.02. The van der Waals surface area contributed by atoms with Crippen LogP contribution in [0.1, 0.15) is 38.2 Å². The number of H-pyrrole nitrogens is 1. The number of amides is 2. The van der Waals surface area contributed by atoms with Crippen LogP contribution in [0.5, 0.6) is 0 Å². The Morgan fingerprint density at radius 1 is 1.30 bits per heavy atom. The number of anilines is 1. The summed E-state index contributed by atoms with van der Waals surface area (Å²) in [6.07, 6.45) is 2.79. The molecular formula is C19H22Cl2N4O2. The van der Waals surface area contributed by atoms with Crippen LogP contribution in [0.2, 0.25) is 10.0 Å². The van der Waals surface area contributed by atoms with E-state index in [0.717, 1.165) is 5.56 Å². The number of nitrogens with one attached hydrogen (secondary N) is 3. The molecule has 3 atom stereocenters. The number of hydrogen-bond donors (Lipinski definition) is 3. The maximum absolute atomic E-state index is 12.7. The summed E-state index contributed by atoms with van der Waals surface area (Å²) in [5.74, 6) is 0.182. The van der Waals surface area contributed by atoms with Crippen molar-refractivity contribution in [1.29, 1.82) is 0 Å². The highest BCUT2D eigenvalue weighted by Gasteiger charge is 2.45. The van der Waals surface area contributed by atoms with Gasteiger partial charge in [-0.1, -0.05) is 49.2 Å². The molecule has 1 aliphatic rings. The Morgan fingerprint density at radius 2 is 2.07 bits per heavy atom.